The zero-order valence-electron chi connectivity index (χ0n) is 16.9. The fraction of sp³-hybridized carbons (Fsp3) is 0.217. The fourth-order valence-electron chi connectivity index (χ4n) is 3.85. The van der Waals surface area contributed by atoms with Crippen molar-refractivity contribution in [1.82, 2.24) is 5.32 Å². The summed E-state index contributed by atoms with van der Waals surface area (Å²) in [5.74, 6) is -1.36. The van der Waals surface area contributed by atoms with Crippen molar-refractivity contribution in [1.29, 1.82) is 0 Å². The number of fused-ring (bicyclic) bond motifs is 1. The Hall–Kier alpha value is -3.17. The highest BCUT2D eigenvalue weighted by Gasteiger charge is 2.62. The van der Waals surface area contributed by atoms with E-state index in [1.165, 1.54) is 12.1 Å². The summed E-state index contributed by atoms with van der Waals surface area (Å²) < 4.78 is 56.5. The number of hydrogen-bond donors (Lipinski definition) is 2. The highest BCUT2D eigenvalue weighted by atomic mass is 35.5. The molecule has 0 aliphatic carbocycles. The molecule has 1 heterocycles. The monoisotopic (exact) mass is 480 g/mol. The van der Waals surface area contributed by atoms with Crippen molar-refractivity contribution >= 4 is 34.0 Å². The van der Waals surface area contributed by atoms with Crippen LogP contribution >= 0.6 is 11.6 Å². The molecule has 0 bridgehead atoms. The van der Waals surface area contributed by atoms with Gasteiger partial charge in [-0.05, 0) is 35.0 Å². The number of amides is 1. The second-order valence-corrected chi connectivity index (χ2v) is 7.91. The smallest absolute Gasteiger partial charge is 0.395 e. The van der Waals surface area contributed by atoms with Gasteiger partial charge < -0.3 is 15.3 Å². The van der Waals surface area contributed by atoms with Gasteiger partial charge in [0.15, 0.2) is 0 Å². The minimum atomic E-state index is -4.92. The molecule has 1 atom stereocenters. The van der Waals surface area contributed by atoms with Gasteiger partial charge in [-0.1, -0.05) is 47.1 Å². The Morgan fingerprint density at radius 3 is 2.55 bits per heavy atom. The predicted octanol–water partition coefficient (Wildman–Crippen LogP) is 4.94. The van der Waals surface area contributed by atoms with Crippen LogP contribution in [0.3, 0.4) is 0 Å². The molecular formula is C23H17ClF4N2O3. The Kier molecular flexibility index (Phi) is 6.02. The summed E-state index contributed by atoms with van der Waals surface area (Å²) in [5.41, 5.74) is -2.78. The SMILES string of the molecule is O=C(NCCO)c1ccc(C2=NOC(c3cc(F)cc(Cl)c3)(C(F)(F)F)C2)c2ccccc12. The van der Waals surface area contributed by atoms with Gasteiger partial charge in [-0.25, -0.2) is 4.39 Å². The second-order valence-electron chi connectivity index (χ2n) is 7.47. The van der Waals surface area contributed by atoms with E-state index in [2.05, 4.69) is 10.5 Å². The number of alkyl halides is 3. The Balaban J connectivity index is 1.78. The van der Waals surface area contributed by atoms with Gasteiger partial charge in [0.1, 0.15) is 5.82 Å². The second kappa shape index (κ2) is 8.64. The molecule has 0 saturated heterocycles. The fourth-order valence-corrected chi connectivity index (χ4v) is 4.07. The van der Waals surface area contributed by atoms with Gasteiger partial charge >= 0.3 is 6.18 Å². The van der Waals surface area contributed by atoms with Crippen LogP contribution in [0.2, 0.25) is 5.02 Å². The number of carbonyl (C=O) groups is 1. The van der Waals surface area contributed by atoms with Crippen LogP contribution in [0.4, 0.5) is 17.6 Å². The van der Waals surface area contributed by atoms with E-state index in [0.717, 1.165) is 18.2 Å². The van der Waals surface area contributed by atoms with E-state index >= 15 is 0 Å². The molecule has 33 heavy (non-hydrogen) atoms. The number of aliphatic hydroxyl groups excluding tert-OH is 1. The highest BCUT2D eigenvalue weighted by Crippen LogP contribution is 2.49. The molecule has 5 nitrogen and oxygen atoms in total. The first-order valence-corrected chi connectivity index (χ1v) is 10.2. The standard InChI is InChI=1S/C23H17ClF4N2O3/c24-14-9-13(10-15(25)11-14)22(23(26,27)28)12-20(30-33-22)18-5-6-19(21(32)29-7-8-31)17-4-2-1-3-16(17)18/h1-6,9-11,31H,7-8,12H2,(H,29,32). The summed E-state index contributed by atoms with van der Waals surface area (Å²) in [6.45, 7) is -0.181. The van der Waals surface area contributed by atoms with Gasteiger partial charge in [-0.2, -0.15) is 13.2 Å². The molecule has 10 heteroatoms. The maximum absolute atomic E-state index is 14.2. The van der Waals surface area contributed by atoms with Crippen LogP contribution in [-0.4, -0.2) is 36.1 Å². The van der Waals surface area contributed by atoms with Crippen molar-refractivity contribution in [3.05, 3.63) is 82.1 Å². The number of oxime groups is 1. The number of nitrogens with one attached hydrogen (secondary N) is 1. The third-order valence-corrected chi connectivity index (χ3v) is 5.61. The molecule has 0 saturated carbocycles. The normalized spacial score (nSPS) is 18.2. The zero-order valence-corrected chi connectivity index (χ0v) is 17.7. The number of nitrogens with zero attached hydrogens (tertiary/aromatic N) is 1. The van der Waals surface area contributed by atoms with Gasteiger partial charge in [0.05, 0.1) is 12.3 Å². The minimum Gasteiger partial charge on any atom is -0.395 e. The number of rotatable bonds is 5. The topological polar surface area (TPSA) is 70.9 Å². The Bertz CT molecular complexity index is 1240. The van der Waals surface area contributed by atoms with Gasteiger partial charge in [-0.3, -0.25) is 4.79 Å². The van der Waals surface area contributed by atoms with Crippen LogP contribution in [-0.2, 0) is 10.4 Å². The zero-order chi connectivity index (χ0) is 23.8. The molecule has 0 radical (unpaired) electrons. The molecule has 1 amide bonds. The van der Waals surface area contributed by atoms with E-state index in [1.807, 2.05) is 0 Å². The number of halogens is 5. The summed E-state index contributed by atoms with van der Waals surface area (Å²) in [6, 6.07) is 12.3. The van der Waals surface area contributed by atoms with E-state index in [4.69, 9.17) is 21.5 Å². The molecule has 0 aromatic heterocycles. The summed E-state index contributed by atoms with van der Waals surface area (Å²) in [6.07, 6.45) is -5.63. The first-order valence-electron chi connectivity index (χ1n) is 9.86. The van der Waals surface area contributed by atoms with Crippen molar-refractivity contribution < 1.29 is 32.3 Å². The molecule has 1 aliphatic heterocycles. The van der Waals surface area contributed by atoms with E-state index in [9.17, 15) is 22.4 Å². The Morgan fingerprint density at radius 2 is 1.88 bits per heavy atom. The highest BCUT2D eigenvalue weighted by molar-refractivity contribution is 6.30. The molecule has 3 aromatic carbocycles. The van der Waals surface area contributed by atoms with Gasteiger partial charge in [0.2, 0.25) is 0 Å². The number of carbonyl (C=O) groups excluding carboxylic acids is 1. The maximum atomic E-state index is 14.2. The molecule has 0 fully saturated rings. The third kappa shape index (κ3) is 4.14. The van der Waals surface area contributed by atoms with Crippen molar-refractivity contribution in [2.24, 2.45) is 5.16 Å². The van der Waals surface area contributed by atoms with Crippen molar-refractivity contribution in [2.75, 3.05) is 13.2 Å². The van der Waals surface area contributed by atoms with E-state index < -0.39 is 35.5 Å². The van der Waals surface area contributed by atoms with Crippen molar-refractivity contribution in [3.8, 4) is 0 Å². The van der Waals surface area contributed by atoms with E-state index in [1.54, 1.807) is 24.3 Å². The van der Waals surface area contributed by atoms with Crippen molar-refractivity contribution in [2.45, 2.75) is 18.2 Å². The minimum absolute atomic E-state index is 0.00812. The van der Waals surface area contributed by atoms with Crippen molar-refractivity contribution in [3.63, 3.8) is 0 Å². The first kappa shape index (κ1) is 23.0. The molecule has 4 rings (SSSR count). The molecule has 1 aliphatic rings. The average molecular weight is 481 g/mol. The van der Waals surface area contributed by atoms with Gasteiger partial charge in [-0.15, -0.1) is 0 Å². The van der Waals surface area contributed by atoms with Gasteiger partial charge in [0, 0.05) is 34.7 Å². The molecule has 172 valence electrons. The Labute approximate surface area is 190 Å². The lowest BCUT2D eigenvalue weighted by atomic mass is 9.85. The lowest BCUT2D eigenvalue weighted by Crippen LogP contribution is -2.42. The largest absolute Gasteiger partial charge is 0.435 e. The maximum Gasteiger partial charge on any atom is 0.435 e. The summed E-state index contributed by atoms with van der Waals surface area (Å²) in [5, 5.41) is 16.0. The van der Waals surface area contributed by atoms with E-state index in [0.29, 0.717) is 21.9 Å². The molecular weight excluding hydrogens is 464 g/mol. The van der Waals surface area contributed by atoms with Crippen LogP contribution in [0.1, 0.15) is 27.9 Å². The average Bonchev–Trinajstić information content (AvgIpc) is 3.23. The van der Waals surface area contributed by atoms with Gasteiger partial charge in [0.25, 0.3) is 11.5 Å². The first-order chi connectivity index (χ1) is 15.7. The van der Waals surface area contributed by atoms with Crippen LogP contribution in [0.15, 0.2) is 59.8 Å². The number of aliphatic hydroxyl groups is 1. The molecule has 1 unspecified atom stereocenters. The van der Waals surface area contributed by atoms with Crippen LogP contribution in [0.5, 0.6) is 0 Å². The molecule has 0 spiro atoms. The lowest BCUT2D eigenvalue weighted by molar-refractivity contribution is -0.275. The van der Waals surface area contributed by atoms with Crippen LogP contribution < -0.4 is 5.32 Å². The summed E-state index contributed by atoms with van der Waals surface area (Å²) in [7, 11) is 0. The molecule has 2 N–H and O–H groups in total. The number of benzene rings is 3. The van der Waals surface area contributed by atoms with Crippen LogP contribution in [0, 0.1) is 5.82 Å². The molecule has 3 aromatic rings. The Morgan fingerprint density at radius 1 is 1.15 bits per heavy atom. The van der Waals surface area contributed by atoms with Crippen LogP contribution in [0.25, 0.3) is 10.8 Å². The predicted molar refractivity (Wildman–Crippen MR) is 115 cm³/mol. The van der Waals surface area contributed by atoms with E-state index in [-0.39, 0.29) is 23.9 Å². The quantitative estimate of drug-likeness (QED) is 0.508. The number of hydrogen-bond acceptors (Lipinski definition) is 4. The summed E-state index contributed by atoms with van der Waals surface area (Å²) >= 11 is 5.80. The lowest BCUT2D eigenvalue weighted by Gasteiger charge is -2.29. The summed E-state index contributed by atoms with van der Waals surface area (Å²) in [4.78, 5) is 17.4. The third-order valence-electron chi connectivity index (χ3n) is 5.39.